The van der Waals surface area contributed by atoms with Gasteiger partial charge in [0.1, 0.15) is 7.05 Å². The molecule has 0 radical (unpaired) electrons. The van der Waals surface area contributed by atoms with E-state index in [-0.39, 0.29) is 6.85 Å². The van der Waals surface area contributed by atoms with Crippen LogP contribution in [0.1, 0.15) is 62.0 Å². The second kappa shape index (κ2) is 7.05. The molecule has 146 valence electrons. The summed E-state index contributed by atoms with van der Waals surface area (Å²) >= 11 is 0. The van der Waals surface area contributed by atoms with Crippen molar-refractivity contribution >= 4 is 34.6 Å². The van der Waals surface area contributed by atoms with E-state index in [1.807, 2.05) is 50.4 Å². The smallest absolute Gasteiger partial charge is 0.399 e. The summed E-state index contributed by atoms with van der Waals surface area (Å²) in [5, 5.41) is 1.12. The number of nitrogens with zero attached hydrogens (tertiary/aromatic N) is 2. The molecule has 0 unspecified atom stereocenters. The summed E-state index contributed by atoms with van der Waals surface area (Å²) in [7, 11) is 4.10. The monoisotopic (exact) mass is 385 g/mol. The molecule has 0 amide bonds. The number of hydrogen-bond acceptors (Lipinski definition) is 1. The second-order valence-electron chi connectivity index (χ2n) is 8.46. The fourth-order valence-electron chi connectivity index (χ4n) is 5.27. The predicted octanol–water partition coefficient (Wildman–Crippen LogP) is 5.00. The molecule has 2 aliphatic rings. The molecule has 0 saturated heterocycles. The molecule has 1 aromatic heterocycles. The fourth-order valence-corrected chi connectivity index (χ4v) is 5.27. The molecule has 2 heterocycles. The van der Waals surface area contributed by atoms with Crippen LogP contribution in [0.4, 0.5) is 5.69 Å². The summed E-state index contributed by atoms with van der Waals surface area (Å²) in [5.41, 5.74) is 6.17. The summed E-state index contributed by atoms with van der Waals surface area (Å²) in [5.74, 6) is -0.599. The molecule has 1 saturated carbocycles. The molecular weight excluding hydrogens is 351 g/mol. The van der Waals surface area contributed by atoms with Gasteiger partial charge in [-0.1, -0.05) is 48.6 Å². The quantitative estimate of drug-likeness (QED) is 0.445. The van der Waals surface area contributed by atoms with Crippen molar-refractivity contribution in [2.24, 2.45) is 7.05 Å². The Morgan fingerprint density at radius 3 is 2.62 bits per heavy atom. The average Bonchev–Trinajstić information content (AvgIpc) is 3.22. The number of fused-ring (bicyclic) bond motifs is 2. The van der Waals surface area contributed by atoms with E-state index < -0.39 is 12.7 Å². The predicted molar refractivity (Wildman–Crippen MR) is 125 cm³/mol. The van der Waals surface area contributed by atoms with Crippen molar-refractivity contribution in [3.05, 3.63) is 71.2 Å². The zero-order valence-corrected chi connectivity index (χ0v) is 17.5. The lowest BCUT2D eigenvalue weighted by Crippen LogP contribution is -2.62. The first-order valence-corrected chi connectivity index (χ1v) is 10.6. The maximum atomic E-state index is 9.32. The highest BCUT2D eigenvalue weighted by molar-refractivity contribution is 6.83. The Hall–Kier alpha value is -2.55. The first kappa shape index (κ1) is 14.4. The molecule has 0 bridgehead atoms. The minimum Gasteiger partial charge on any atom is -0.404 e. The lowest BCUT2D eigenvalue weighted by Gasteiger charge is -2.34. The molecule has 2 nitrogen and oxygen atoms in total. The topological polar surface area (TPSA) is 7.12 Å². The third-order valence-corrected chi connectivity index (χ3v) is 6.85. The molecular formula is C26H30BN2+. The van der Waals surface area contributed by atoms with Crippen LogP contribution in [0, 0.1) is 0 Å². The fraction of sp³-hybridized carbons (Fsp3) is 0.346. The summed E-state index contributed by atoms with van der Waals surface area (Å²) in [4.78, 5) is 2.19. The number of hydrogen-bond donors (Lipinski definition) is 0. The first-order chi connectivity index (χ1) is 15.6. The zero-order valence-electron chi connectivity index (χ0n) is 21.5. The van der Waals surface area contributed by atoms with E-state index in [0.717, 1.165) is 64.5 Å². The van der Waals surface area contributed by atoms with E-state index in [9.17, 15) is 1.37 Å². The van der Waals surface area contributed by atoms with Crippen molar-refractivity contribution in [3.63, 3.8) is 0 Å². The summed E-state index contributed by atoms with van der Waals surface area (Å²) in [6.45, 7) is -0.478. The van der Waals surface area contributed by atoms with Gasteiger partial charge < -0.3 is 4.81 Å². The van der Waals surface area contributed by atoms with Crippen LogP contribution in [-0.4, -0.2) is 13.9 Å². The van der Waals surface area contributed by atoms with E-state index in [4.69, 9.17) is 4.11 Å². The molecule has 0 N–H and O–H groups in total. The van der Waals surface area contributed by atoms with Gasteiger partial charge in [-0.2, -0.15) is 0 Å². The molecule has 3 aromatic rings. The summed E-state index contributed by atoms with van der Waals surface area (Å²) in [6, 6.07) is 18.3. The average molecular weight is 385 g/mol. The van der Waals surface area contributed by atoms with E-state index in [1.165, 1.54) is 0 Å². The molecule has 2 aromatic carbocycles. The van der Waals surface area contributed by atoms with E-state index in [0.29, 0.717) is 5.57 Å². The normalized spacial score (nSPS) is 20.9. The van der Waals surface area contributed by atoms with Crippen LogP contribution in [0.3, 0.4) is 0 Å². The molecule has 0 atom stereocenters. The number of allylic oxidation sites excluding steroid dienone is 2. The van der Waals surface area contributed by atoms with E-state index in [2.05, 4.69) is 34.6 Å². The lowest BCUT2D eigenvalue weighted by atomic mass is 9.47. The Balaban J connectivity index is 1.82. The van der Waals surface area contributed by atoms with Gasteiger partial charge >= 0.3 is 6.85 Å². The van der Waals surface area contributed by atoms with Crippen LogP contribution in [-0.2, 0) is 7.05 Å². The number of benzene rings is 2. The van der Waals surface area contributed by atoms with Crippen molar-refractivity contribution in [1.29, 1.82) is 0 Å². The Morgan fingerprint density at radius 1 is 1.10 bits per heavy atom. The van der Waals surface area contributed by atoms with Crippen LogP contribution < -0.4 is 15.0 Å². The highest BCUT2D eigenvalue weighted by Gasteiger charge is 2.39. The third kappa shape index (κ3) is 2.82. The molecule has 5 rings (SSSR count). The van der Waals surface area contributed by atoms with E-state index in [1.54, 1.807) is 0 Å². The Labute approximate surface area is 180 Å². The van der Waals surface area contributed by atoms with Gasteiger partial charge in [-0.05, 0) is 68.4 Å². The van der Waals surface area contributed by atoms with Crippen LogP contribution in [0.25, 0.3) is 16.5 Å². The minimum absolute atomic E-state index is 0.228. The van der Waals surface area contributed by atoms with Crippen molar-refractivity contribution in [3.8, 4) is 0 Å². The highest BCUT2D eigenvalue weighted by atomic mass is 15.1. The van der Waals surface area contributed by atoms with Crippen LogP contribution in [0.15, 0.2) is 60.1 Å². The molecule has 0 spiro atoms. The van der Waals surface area contributed by atoms with Crippen molar-refractivity contribution in [1.82, 2.24) is 0 Å². The highest BCUT2D eigenvalue weighted by Crippen LogP contribution is 2.38. The van der Waals surface area contributed by atoms with Gasteiger partial charge in [-0.15, -0.1) is 0 Å². The van der Waals surface area contributed by atoms with Gasteiger partial charge in [0.05, 0.1) is 0 Å². The molecule has 29 heavy (non-hydrogen) atoms. The van der Waals surface area contributed by atoms with Gasteiger partial charge in [0.15, 0.2) is 5.59 Å². The lowest BCUT2D eigenvalue weighted by molar-refractivity contribution is -0.627. The number of para-hydroxylation sites is 2. The SMILES string of the molecule is [2H]C([2H])([2H])C1=C(C)B(c2cc(C3([2H])CCCC3)c3ccccc3[n+]2C)N(C)c2ccccc21. The number of aryl methyl sites for hydroxylation is 1. The molecule has 1 aliphatic carbocycles. The second-order valence-corrected chi connectivity index (χ2v) is 8.46. The largest absolute Gasteiger partial charge is 0.404 e. The molecule has 3 heteroatoms. The molecule has 1 aliphatic heterocycles. The standard InChI is InChI=1S/C26H30BN2/c1-18-19(2)27(29(4)25-16-10-7-13-21(18)25)26-17-23(20-11-5-6-12-20)22-14-8-9-15-24(22)28(26)3/h7-10,13-17,20H,5-6,11-12H2,1-4H3/q+1/i1D3,20D. The van der Waals surface area contributed by atoms with E-state index >= 15 is 0 Å². The van der Waals surface area contributed by atoms with Crippen molar-refractivity contribution in [2.45, 2.75) is 45.4 Å². The Morgan fingerprint density at radius 2 is 1.83 bits per heavy atom. The van der Waals surface area contributed by atoms with Gasteiger partial charge in [0, 0.05) is 28.7 Å². The number of aromatic nitrogens is 1. The minimum atomic E-state index is -2.21. The van der Waals surface area contributed by atoms with Gasteiger partial charge in [-0.3, -0.25) is 0 Å². The Kier molecular flexibility index (Phi) is 3.51. The van der Waals surface area contributed by atoms with Crippen molar-refractivity contribution < 1.29 is 10.1 Å². The Bertz CT molecular complexity index is 1280. The zero-order chi connectivity index (χ0) is 23.5. The van der Waals surface area contributed by atoms with Crippen LogP contribution >= 0.6 is 0 Å². The maximum absolute atomic E-state index is 9.32. The maximum Gasteiger partial charge on any atom is 0.399 e. The van der Waals surface area contributed by atoms with Crippen LogP contribution in [0.2, 0.25) is 0 Å². The molecule has 1 fully saturated rings. The number of rotatable bonds is 2. The van der Waals surface area contributed by atoms with Crippen LogP contribution in [0.5, 0.6) is 0 Å². The first-order valence-electron chi connectivity index (χ1n) is 12.6. The van der Waals surface area contributed by atoms with Gasteiger partial charge in [0.25, 0.3) is 0 Å². The number of pyridine rings is 1. The third-order valence-electron chi connectivity index (χ3n) is 6.85. The number of anilines is 1. The van der Waals surface area contributed by atoms with Crippen molar-refractivity contribution in [2.75, 3.05) is 11.9 Å². The summed E-state index contributed by atoms with van der Waals surface area (Å²) in [6.07, 6.45) is 3.88. The van der Waals surface area contributed by atoms with Gasteiger partial charge in [-0.25, -0.2) is 4.57 Å². The van der Waals surface area contributed by atoms with Gasteiger partial charge in [0.2, 0.25) is 5.52 Å². The summed E-state index contributed by atoms with van der Waals surface area (Å²) < 4.78 is 36.5.